The molecule has 0 saturated heterocycles. The Morgan fingerprint density at radius 2 is 0.827 bits per heavy atom. The third-order valence-corrected chi connectivity index (χ3v) is 10.3. The van der Waals surface area contributed by atoms with E-state index in [1.165, 1.54) is 59.8 Å². The summed E-state index contributed by atoms with van der Waals surface area (Å²) in [7, 11) is 0. The molecule has 244 valence electrons. The largest absolute Gasteiger partial charge is 0.324 e. The molecule has 0 atom stereocenters. The number of nitrogens with one attached hydrogen (secondary N) is 1. The molecule has 9 aromatic carbocycles. The number of hydrogen-bond acceptors (Lipinski definition) is 3. The highest BCUT2D eigenvalue weighted by atomic mass is 15.2. The van der Waals surface area contributed by atoms with Crippen molar-refractivity contribution in [3.05, 3.63) is 205 Å². The van der Waals surface area contributed by atoms with E-state index >= 15 is 0 Å². The first-order valence-electron chi connectivity index (χ1n) is 17.8. The standard InChI is InChI=1S/C49H33N3/c1-3-14-34(15-4-1)47-50-48(35-16-5-2-6-17-35)52-49(51-47)36-25-23-33(24-26-36)46-38-18-8-7-13-32(38)27-29-39(46)37-28-30-44-42-21-10-9-19-40(42)41-20-11-12-22-43(41)45(44)31-37/h1-31,49H,(H,50,51,52). The SMILES string of the molecule is c1ccc(C2=NC(c3ccc(-c4c(-c5ccc6c7ccccc7c7ccccc7c6c5)ccc5ccccc45)cc3)N=C(c3ccccc3)N2)cc1. The molecule has 0 spiro atoms. The highest BCUT2D eigenvalue weighted by Gasteiger charge is 2.21. The molecule has 0 saturated carbocycles. The molecule has 0 aromatic heterocycles. The highest BCUT2D eigenvalue weighted by molar-refractivity contribution is 6.26. The molecule has 1 heterocycles. The van der Waals surface area contributed by atoms with Gasteiger partial charge in [-0.2, -0.15) is 0 Å². The lowest BCUT2D eigenvalue weighted by molar-refractivity contribution is 0.756. The van der Waals surface area contributed by atoms with Crippen LogP contribution in [0.15, 0.2) is 198 Å². The molecule has 0 unspecified atom stereocenters. The summed E-state index contributed by atoms with van der Waals surface area (Å²) in [6.07, 6.45) is -0.378. The predicted octanol–water partition coefficient (Wildman–Crippen LogP) is 12.1. The van der Waals surface area contributed by atoms with Crippen LogP contribution in [0.4, 0.5) is 0 Å². The topological polar surface area (TPSA) is 36.8 Å². The third kappa shape index (κ3) is 5.14. The maximum absolute atomic E-state index is 5.11. The second kappa shape index (κ2) is 12.5. The first kappa shape index (κ1) is 30.0. The quantitative estimate of drug-likeness (QED) is 0.183. The van der Waals surface area contributed by atoms with E-state index in [1.807, 2.05) is 36.4 Å². The Kier molecular flexibility index (Phi) is 7.21. The molecule has 52 heavy (non-hydrogen) atoms. The summed E-state index contributed by atoms with van der Waals surface area (Å²) in [5, 5.41) is 13.6. The minimum absolute atomic E-state index is 0.378. The summed E-state index contributed by atoms with van der Waals surface area (Å²) in [5.74, 6) is 1.63. The van der Waals surface area contributed by atoms with E-state index in [0.717, 1.165) is 33.9 Å². The van der Waals surface area contributed by atoms with Gasteiger partial charge in [-0.25, -0.2) is 9.98 Å². The zero-order valence-corrected chi connectivity index (χ0v) is 28.4. The van der Waals surface area contributed by atoms with Crippen LogP contribution < -0.4 is 5.32 Å². The predicted molar refractivity (Wildman–Crippen MR) is 219 cm³/mol. The molecule has 0 radical (unpaired) electrons. The van der Waals surface area contributed by atoms with Crippen molar-refractivity contribution in [2.75, 3.05) is 0 Å². The minimum Gasteiger partial charge on any atom is -0.324 e. The molecule has 1 aliphatic heterocycles. The Balaban J connectivity index is 1.12. The number of amidine groups is 2. The van der Waals surface area contributed by atoms with E-state index in [1.54, 1.807) is 0 Å². The van der Waals surface area contributed by atoms with Gasteiger partial charge in [-0.05, 0) is 77.0 Å². The number of benzene rings is 9. The Bertz CT molecular complexity index is 2760. The zero-order valence-electron chi connectivity index (χ0n) is 28.4. The number of fused-ring (bicyclic) bond motifs is 7. The Hall–Kier alpha value is -6.84. The van der Waals surface area contributed by atoms with Crippen LogP contribution in [-0.2, 0) is 0 Å². The number of aliphatic imine (C=N–C) groups is 2. The summed E-state index contributed by atoms with van der Waals surface area (Å²) >= 11 is 0. The Morgan fingerprint density at radius 1 is 0.346 bits per heavy atom. The molecule has 0 bridgehead atoms. The summed E-state index contributed by atoms with van der Waals surface area (Å²) in [6, 6.07) is 67.2. The average Bonchev–Trinajstić information content (AvgIpc) is 3.24. The zero-order chi connectivity index (χ0) is 34.4. The lowest BCUT2D eigenvalue weighted by Gasteiger charge is -2.22. The van der Waals surface area contributed by atoms with Crippen molar-refractivity contribution < 1.29 is 0 Å². The second-order valence-corrected chi connectivity index (χ2v) is 13.4. The van der Waals surface area contributed by atoms with Gasteiger partial charge >= 0.3 is 0 Å². The van der Waals surface area contributed by atoms with Gasteiger partial charge in [0.1, 0.15) is 11.7 Å². The second-order valence-electron chi connectivity index (χ2n) is 13.4. The number of nitrogens with zero attached hydrogens (tertiary/aromatic N) is 2. The number of hydrogen-bond donors (Lipinski definition) is 1. The highest BCUT2D eigenvalue weighted by Crippen LogP contribution is 2.42. The summed E-state index contributed by atoms with van der Waals surface area (Å²) in [5.41, 5.74) is 7.89. The van der Waals surface area contributed by atoms with Crippen LogP contribution in [0, 0.1) is 0 Å². The van der Waals surface area contributed by atoms with Crippen LogP contribution in [-0.4, -0.2) is 11.7 Å². The van der Waals surface area contributed by atoms with Crippen molar-refractivity contribution in [3.63, 3.8) is 0 Å². The fourth-order valence-corrected chi connectivity index (χ4v) is 7.80. The van der Waals surface area contributed by atoms with Crippen LogP contribution in [0.5, 0.6) is 0 Å². The van der Waals surface area contributed by atoms with Gasteiger partial charge < -0.3 is 5.32 Å². The van der Waals surface area contributed by atoms with Crippen molar-refractivity contribution in [2.45, 2.75) is 6.17 Å². The van der Waals surface area contributed by atoms with Gasteiger partial charge in [0.25, 0.3) is 0 Å². The molecule has 10 rings (SSSR count). The summed E-state index contributed by atoms with van der Waals surface area (Å²) < 4.78 is 0. The van der Waals surface area contributed by atoms with Crippen LogP contribution >= 0.6 is 0 Å². The molecule has 0 aliphatic carbocycles. The molecule has 0 amide bonds. The minimum atomic E-state index is -0.378. The van der Waals surface area contributed by atoms with Gasteiger partial charge in [0, 0.05) is 11.1 Å². The van der Waals surface area contributed by atoms with E-state index in [2.05, 4.69) is 157 Å². The van der Waals surface area contributed by atoms with Crippen LogP contribution in [0.1, 0.15) is 22.9 Å². The monoisotopic (exact) mass is 663 g/mol. The normalized spacial score (nSPS) is 13.3. The molecule has 0 fully saturated rings. The molecule has 1 aliphatic rings. The molecule has 3 nitrogen and oxygen atoms in total. The van der Waals surface area contributed by atoms with Gasteiger partial charge in [0.05, 0.1) is 0 Å². The maximum atomic E-state index is 5.11. The lowest BCUT2D eigenvalue weighted by Crippen LogP contribution is -2.35. The molecular formula is C49H33N3. The molecular weight excluding hydrogens is 631 g/mol. The van der Waals surface area contributed by atoms with E-state index in [-0.39, 0.29) is 6.17 Å². The lowest BCUT2D eigenvalue weighted by atomic mass is 9.87. The fourth-order valence-electron chi connectivity index (χ4n) is 7.80. The van der Waals surface area contributed by atoms with Crippen LogP contribution in [0.3, 0.4) is 0 Å². The molecule has 3 heteroatoms. The van der Waals surface area contributed by atoms with Gasteiger partial charge in [-0.3, -0.25) is 0 Å². The average molecular weight is 664 g/mol. The van der Waals surface area contributed by atoms with Crippen molar-refractivity contribution in [1.29, 1.82) is 0 Å². The van der Waals surface area contributed by atoms with Gasteiger partial charge in [-0.15, -0.1) is 0 Å². The molecule has 1 N–H and O–H groups in total. The van der Waals surface area contributed by atoms with Crippen molar-refractivity contribution in [1.82, 2.24) is 5.32 Å². The maximum Gasteiger partial charge on any atom is 0.169 e. The van der Waals surface area contributed by atoms with Gasteiger partial charge in [-0.1, -0.05) is 182 Å². The van der Waals surface area contributed by atoms with E-state index < -0.39 is 0 Å². The van der Waals surface area contributed by atoms with Gasteiger partial charge in [0.2, 0.25) is 0 Å². The van der Waals surface area contributed by atoms with E-state index in [4.69, 9.17) is 9.98 Å². The van der Waals surface area contributed by atoms with Crippen molar-refractivity contribution >= 4 is 54.8 Å². The first-order chi connectivity index (χ1) is 25.8. The number of rotatable bonds is 5. The van der Waals surface area contributed by atoms with Crippen molar-refractivity contribution in [3.8, 4) is 22.3 Å². The third-order valence-electron chi connectivity index (χ3n) is 10.3. The van der Waals surface area contributed by atoms with Crippen LogP contribution in [0.2, 0.25) is 0 Å². The van der Waals surface area contributed by atoms with Crippen molar-refractivity contribution in [2.24, 2.45) is 9.98 Å². The molecule has 9 aromatic rings. The smallest absolute Gasteiger partial charge is 0.169 e. The van der Waals surface area contributed by atoms with Gasteiger partial charge in [0.15, 0.2) is 6.17 Å². The summed E-state index contributed by atoms with van der Waals surface area (Å²) in [6.45, 7) is 0. The van der Waals surface area contributed by atoms with Crippen LogP contribution in [0.25, 0.3) is 65.3 Å². The van der Waals surface area contributed by atoms with E-state index in [9.17, 15) is 0 Å². The fraction of sp³-hybridized carbons (Fsp3) is 0.0204. The summed E-state index contributed by atoms with van der Waals surface area (Å²) in [4.78, 5) is 10.2. The Labute approximate surface area is 302 Å². The van der Waals surface area contributed by atoms with E-state index in [0.29, 0.717) is 0 Å². The first-order valence-corrected chi connectivity index (χ1v) is 17.8. The Morgan fingerprint density at radius 3 is 1.42 bits per heavy atom.